The van der Waals surface area contributed by atoms with E-state index in [0.29, 0.717) is 63.7 Å². The number of nitrogens with zero attached hydrogens (tertiary/aromatic N) is 2. The molecule has 3 heterocycles. The number of hydrogen-bond donors (Lipinski definition) is 0. The molecular weight excluding hydrogens is 360 g/mol. The fourth-order valence-electron chi connectivity index (χ4n) is 3.69. The summed E-state index contributed by atoms with van der Waals surface area (Å²) in [5.41, 5.74) is 0.501. The molecule has 0 atom stereocenters. The smallest absolute Gasteiger partial charge is 0.243 e. The Balaban J connectivity index is 1.59. The van der Waals surface area contributed by atoms with Crippen molar-refractivity contribution in [2.75, 3.05) is 44.4 Å². The zero-order valence-electron chi connectivity index (χ0n) is 14.6. The van der Waals surface area contributed by atoms with E-state index in [-0.39, 0.29) is 10.8 Å². The van der Waals surface area contributed by atoms with Gasteiger partial charge in [0.2, 0.25) is 15.9 Å². The van der Waals surface area contributed by atoms with Crippen molar-refractivity contribution in [1.82, 2.24) is 4.31 Å². The van der Waals surface area contributed by atoms with Crippen molar-refractivity contribution in [2.24, 2.45) is 0 Å². The molecule has 1 amide bonds. The largest absolute Gasteiger partial charge is 0.490 e. The lowest BCUT2D eigenvalue weighted by Gasteiger charge is -2.37. The first-order chi connectivity index (χ1) is 12.4. The number of ether oxygens (including phenoxy) is 3. The van der Waals surface area contributed by atoms with Crippen molar-refractivity contribution in [3.8, 4) is 5.75 Å². The Bertz CT molecular complexity index is 809. The van der Waals surface area contributed by atoms with Crippen molar-refractivity contribution >= 4 is 21.6 Å². The number of sulfonamides is 1. The third kappa shape index (κ3) is 2.98. The normalized spacial score (nSPS) is 22.9. The summed E-state index contributed by atoms with van der Waals surface area (Å²) in [7, 11) is -3.66. The first kappa shape index (κ1) is 17.7. The lowest BCUT2D eigenvalue weighted by atomic mass is 10.1. The summed E-state index contributed by atoms with van der Waals surface area (Å²) < 4.78 is 44.4. The molecule has 1 spiro atoms. The molecule has 0 N–H and O–H groups in total. The summed E-state index contributed by atoms with van der Waals surface area (Å²) >= 11 is 0. The van der Waals surface area contributed by atoms with Gasteiger partial charge in [-0.3, -0.25) is 4.79 Å². The maximum atomic E-state index is 13.1. The van der Waals surface area contributed by atoms with Gasteiger partial charge in [0.1, 0.15) is 12.4 Å². The van der Waals surface area contributed by atoms with Gasteiger partial charge in [0.05, 0.1) is 30.3 Å². The Kier molecular flexibility index (Phi) is 4.42. The minimum Gasteiger partial charge on any atom is -0.490 e. The van der Waals surface area contributed by atoms with Crippen LogP contribution in [0.2, 0.25) is 0 Å². The first-order valence-corrected chi connectivity index (χ1v) is 10.2. The van der Waals surface area contributed by atoms with Crippen molar-refractivity contribution in [2.45, 2.75) is 30.4 Å². The highest BCUT2D eigenvalue weighted by Crippen LogP contribution is 2.37. The van der Waals surface area contributed by atoms with E-state index in [9.17, 15) is 13.2 Å². The zero-order chi connectivity index (χ0) is 18.4. The van der Waals surface area contributed by atoms with Crippen LogP contribution in [0.3, 0.4) is 0 Å². The molecule has 8 nitrogen and oxygen atoms in total. The Hall–Kier alpha value is -1.68. The van der Waals surface area contributed by atoms with Crippen LogP contribution in [-0.4, -0.2) is 63.9 Å². The van der Waals surface area contributed by atoms with Gasteiger partial charge < -0.3 is 19.1 Å². The summed E-state index contributed by atoms with van der Waals surface area (Å²) in [6, 6.07) is 4.68. The van der Waals surface area contributed by atoms with E-state index in [1.807, 2.05) is 0 Å². The van der Waals surface area contributed by atoms with Gasteiger partial charge in [-0.05, 0) is 18.2 Å². The quantitative estimate of drug-likeness (QED) is 0.757. The van der Waals surface area contributed by atoms with Crippen molar-refractivity contribution in [1.29, 1.82) is 0 Å². The van der Waals surface area contributed by atoms with Crippen LogP contribution in [0, 0.1) is 0 Å². The highest BCUT2D eigenvalue weighted by molar-refractivity contribution is 7.89. The van der Waals surface area contributed by atoms with Crippen molar-refractivity contribution in [3.63, 3.8) is 0 Å². The van der Waals surface area contributed by atoms with E-state index in [2.05, 4.69) is 0 Å². The Morgan fingerprint density at radius 1 is 1.08 bits per heavy atom. The molecule has 1 aromatic carbocycles. The van der Waals surface area contributed by atoms with E-state index >= 15 is 0 Å². The molecule has 2 saturated heterocycles. The molecule has 9 heteroatoms. The Labute approximate surface area is 152 Å². The summed E-state index contributed by atoms with van der Waals surface area (Å²) in [4.78, 5) is 13.6. The molecule has 3 aliphatic heterocycles. The summed E-state index contributed by atoms with van der Waals surface area (Å²) in [6.07, 6.45) is 1.03. The van der Waals surface area contributed by atoms with Crippen LogP contribution in [0.25, 0.3) is 0 Å². The number of carbonyl (C=O) groups is 1. The van der Waals surface area contributed by atoms with Gasteiger partial charge in [-0.25, -0.2) is 8.42 Å². The van der Waals surface area contributed by atoms with Gasteiger partial charge in [-0.2, -0.15) is 4.31 Å². The average molecular weight is 382 g/mol. The Morgan fingerprint density at radius 3 is 2.42 bits per heavy atom. The maximum absolute atomic E-state index is 13.1. The van der Waals surface area contributed by atoms with E-state index < -0.39 is 15.8 Å². The minimum absolute atomic E-state index is 0.139. The standard InChI is InChI=1S/C17H22N2O6S/c1-13(20)19-8-9-23-16-3-2-14(12-15(16)19)26(21,22)18-6-4-17(5-7-18)24-10-11-25-17/h2-3,12H,4-11H2,1H3. The van der Waals surface area contributed by atoms with Crippen LogP contribution in [0.4, 0.5) is 5.69 Å². The van der Waals surface area contributed by atoms with Gasteiger partial charge in [-0.15, -0.1) is 0 Å². The molecule has 2 fully saturated rings. The van der Waals surface area contributed by atoms with Crippen LogP contribution in [-0.2, 0) is 24.3 Å². The summed E-state index contributed by atoms with van der Waals surface area (Å²) in [5, 5.41) is 0. The number of rotatable bonds is 2. The topological polar surface area (TPSA) is 85.4 Å². The van der Waals surface area contributed by atoms with Crippen LogP contribution in [0.15, 0.2) is 23.1 Å². The number of piperidine rings is 1. The lowest BCUT2D eigenvalue weighted by molar-refractivity contribution is -0.179. The monoisotopic (exact) mass is 382 g/mol. The first-order valence-electron chi connectivity index (χ1n) is 8.74. The number of hydrogen-bond acceptors (Lipinski definition) is 6. The zero-order valence-corrected chi connectivity index (χ0v) is 15.5. The van der Waals surface area contributed by atoms with Crippen molar-refractivity contribution < 1.29 is 27.4 Å². The predicted octanol–water partition coefficient (Wildman–Crippen LogP) is 0.960. The molecule has 0 saturated carbocycles. The molecule has 0 aromatic heterocycles. The van der Waals surface area contributed by atoms with Gasteiger partial charge in [-0.1, -0.05) is 0 Å². The number of benzene rings is 1. The number of amides is 1. The fourth-order valence-corrected chi connectivity index (χ4v) is 5.15. The molecular formula is C17H22N2O6S. The van der Waals surface area contributed by atoms with Gasteiger partial charge in [0.25, 0.3) is 0 Å². The molecule has 0 unspecified atom stereocenters. The van der Waals surface area contributed by atoms with E-state index in [0.717, 1.165) is 0 Å². The van der Waals surface area contributed by atoms with Gasteiger partial charge in [0.15, 0.2) is 5.79 Å². The number of anilines is 1. The van der Waals surface area contributed by atoms with Crippen LogP contribution in [0.5, 0.6) is 5.75 Å². The van der Waals surface area contributed by atoms with E-state index in [1.165, 1.54) is 23.4 Å². The van der Waals surface area contributed by atoms with Crippen LogP contribution < -0.4 is 9.64 Å². The highest BCUT2D eigenvalue weighted by atomic mass is 32.2. The highest BCUT2D eigenvalue weighted by Gasteiger charge is 2.42. The molecule has 142 valence electrons. The Morgan fingerprint density at radius 2 is 1.77 bits per heavy atom. The van der Waals surface area contributed by atoms with Crippen LogP contribution >= 0.6 is 0 Å². The van der Waals surface area contributed by atoms with Crippen LogP contribution in [0.1, 0.15) is 19.8 Å². The minimum atomic E-state index is -3.66. The summed E-state index contributed by atoms with van der Waals surface area (Å²) in [5.74, 6) is -0.239. The van der Waals surface area contributed by atoms with Crippen molar-refractivity contribution in [3.05, 3.63) is 18.2 Å². The molecule has 0 bridgehead atoms. The molecule has 0 aliphatic carbocycles. The SMILES string of the molecule is CC(=O)N1CCOc2ccc(S(=O)(=O)N3CCC4(CC3)OCCO4)cc21. The van der Waals surface area contributed by atoms with Gasteiger partial charge in [0, 0.05) is 32.9 Å². The maximum Gasteiger partial charge on any atom is 0.243 e. The van der Waals surface area contributed by atoms with E-state index in [4.69, 9.17) is 14.2 Å². The number of carbonyl (C=O) groups excluding carboxylic acids is 1. The lowest BCUT2D eigenvalue weighted by Crippen LogP contribution is -2.47. The number of fused-ring (bicyclic) bond motifs is 1. The molecule has 26 heavy (non-hydrogen) atoms. The molecule has 4 rings (SSSR count). The second kappa shape index (κ2) is 6.49. The fraction of sp³-hybridized carbons (Fsp3) is 0.588. The third-order valence-corrected chi connectivity index (χ3v) is 7.00. The second-order valence-corrected chi connectivity index (χ2v) is 8.60. The average Bonchev–Trinajstić information content (AvgIpc) is 3.09. The predicted molar refractivity (Wildman–Crippen MR) is 92.6 cm³/mol. The molecule has 1 aromatic rings. The van der Waals surface area contributed by atoms with E-state index in [1.54, 1.807) is 11.0 Å². The molecule has 0 radical (unpaired) electrons. The second-order valence-electron chi connectivity index (χ2n) is 6.66. The van der Waals surface area contributed by atoms with Gasteiger partial charge >= 0.3 is 0 Å². The molecule has 3 aliphatic rings. The third-order valence-electron chi connectivity index (χ3n) is 5.11. The summed E-state index contributed by atoms with van der Waals surface area (Å²) in [6.45, 7) is 4.05.